The molecule has 1 aromatic rings. The molecule has 0 saturated heterocycles. The number of carbonyl (C=O) groups is 2. The van der Waals surface area contributed by atoms with Crippen LogP contribution < -0.4 is 11.5 Å². The average Bonchev–Trinajstić information content (AvgIpc) is 2.80. The zero-order valence-corrected chi connectivity index (χ0v) is 13.6. The van der Waals surface area contributed by atoms with Crippen LogP contribution in [0.1, 0.15) is 40.7 Å². The predicted octanol–water partition coefficient (Wildman–Crippen LogP) is 2.80. The van der Waals surface area contributed by atoms with Gasteiger partial charge in [0, 0.05) is 16.0 Å². The minimum atomic E-state index is -0.480. The van der Waals surface area contributed by atoms with E-state index in [0.717, 1.165) is 28.4 Å². The van der Waals surface area contributed by atoms with E-state index in [1.165, 1.54) is 11.1 Å². The Balaban J connectivity index is 2.11. The lowest BCUT2D eigenvalue weighted by Crippen LogP contribution is -2.25. The van der Waals surface area contributed by atoms with Crippen molar-refractivity contribution in [2.75, 3.05) is 0 Å². The third kappa shape index (κ3) is 2.28. The molecule has 0 aromatic heterocycles. The van der Waals surface area contributed by atoms with E-state index in [0.29, 0.717) is 23.4 Å². The van der Waals surface area contributed by atoms with Crippen molar-refractivity contribution in [1.29, 1.82) is 0 Å². The lowest BCUT2D eigenvalue weighted by atomic mass is 9.84. The third-order valence-corrected chi connectivity index (χ3v) is 5.70. The molecule has 0 aliphatic heterocycles. The number of carbonyl (C=O) groups excluding carboxylic acids is 2. The normalized spacial score (nSPS) is 20.2. The Labute approximate surface area is 135 Å². The molecule has 2 aliphatic rings. The molecule has 1 aromatic carbocycles. The molecule has 0 fully saturated rings. The molecule has 2 aliphatic carbocycles. The summed E-state index contributed by atoms with van der Waals surface area (Å²) in [4.78, 5) is 23.1. The summed E-state index contributed by atoms with van der Waals surface area (Å²) in [6, 6.07) is 1.61. The summed E-state index contributed by atoms with van der Waals surface area (Å²) in [7, 11) is 0. The maximum Gasteiger partial charge on any atom is 0.249 e. The molecule has 0 spiro atoms. The molecule has 0 heterocycles. The van der Waals surface area contributed by atoms with Crippen molar-refractivity contribution in [2.24, 2.45) is 17.4 Å². The molecule has 0 radical (unpaired) electrons. The predicted molar refractivity (Wildman–Crippen MR) is 84.8 cm³/mol. The van der Waals surface area contributed by atoms with Gasteiger partial charge in [-0.15, -0.1) is 0 Å². The van der Waals surface area contributed by atoms with Gasteiger partial charge >= 0.3 is 0 Å². The number of allylic oxidation sites excluding steroid dienone is 2. The SMILES string of the molecule is NC(=O)c1cc(Cl)c(Br)c2c1CC1=C2CCC(C(N)=O)C1. The molecular weight excluding hydrogens is 356 g/mol. The van der Waals surface area contributed by atoms with Crippen molar-refractivity contribution in [3.8, 4) is 0 Å². The van der Waals surface area contributed by atoms with Crippen LogP contribution in [-0.4, -0.2) is 11.8 Å². The highest BCUT2D eigenvalue weighted by molar-refractivity contribution is 9.10. The molecule has 2 amide bonds. The summed E-state index contributed by atoms with van der Waals surface area (Å²) < 4.78 is 0.798. The topological polar surface area (TPSA) is 86.2 Å². The smallest absolute Gasteiger partial charge is 0.249 e. The van der Waals surface area contributed by atoms with E-state index in [4.69, 9.17) is 23.1 Å². The van der Waals surface area contributed by atoms with E-state index in [1.807, 2.05) is 0 Å². The molecule has 1 unspecified atom stereocenters. The Bertz CT molecular complexity index is 712. The molecule has 4 N–H and O–H groups in total. The van der Waals surface area contributed by atoms with Crippen molar-refractivity contribution in [1.82, 2.24) is 0 Å². The van der Waals surface area contributed by atoms with Crippen LogP contribution in [0.4, 0.5) is 0 Å². The zero-order chi connectivity index (χ0) is 15.3. The standard InChI is InChI=1S/C15H14BrClN2O2/c16-13-11(17)5-10(15(19)21)9-4-7-3-6(14(18)20)1-2-8(7)12(9)13/h5-6H,1-4H2,(H2,18,20)(H2,19,21). The van der Waals surface area contributed by atoms with Crippen LogP contribution in [0.5, 0.6) is 0 Å². The molecule has 4 nitrogen and oxygen atoms in total. The number of benzene rings is 1. The lowest BCUT2D eigenvalue weighted by molar-refractivity contribution is -0.122. The molecule has 6 heteroatoms. The van der Waals surface area contributed by atoms with Crippen LogP contribution in [0.25, 0.3) is 5.57 Å². The van der Waals surface area contributed by atoms with Gasteiger partial charge in [-0.25, -0.2) is 0 Å². The second kappa shape index (κ2) is 5.14. The lowest BCUT2D eigenvalue weighted by Gasteiger charge is -2.22. The molecule has 3 rings (SSSR count). The van der Waals surface area contributed by atoms with Crippen molar-refractivity contribution < 1.29 is 9.59 Å². The highest BCUT2D eigenvalue weighted by Gasteiger charge is 2.34. The molecular formula is C15H14BrClN2O2. The fraction of sp³-hybridized carbons (Fsp3) is 0.333. The Morgan fingerprint density at radius 2 is 2.05 bits per heavy atom. The van der Waals surface area contributed by atoms with Crippen LogP contribution in [0, 0.1) is 5.92 Å². The van der Waals surface area contributed by atoms with Gasteiger partial charge in [-0.05, 0) is 64.4 Å². The van der Waals surface area contributed by atoms with E-state index in [9.17, 15) is 9.59 Å². The second-order valence-electron chi connectivity index (χ2n) is 5.54. The van der Waals surface area contributed by atoms with Gasteiger partial charge in [0.15, 0.2) is 0 Å². The van der Waals surface area contributed by atoms with Gasteiger partial charge in [0.2, 0.25) is 11.8 Å². The van der Waals surface area contributed by atoms with Crippen LogP contribution in [0.2, 0.25) is 5.02 Å². The molecule has 0 saturated carbocycles. The van der Waals surface area contributed by atoms with Crippen LogP contribution in [0.15, 0.2) is 16.1 Å². The molecule has 110 valence electrons. The number of rotatable bonds is 2. The largest absolute Gasteiger partial charge is 0.369 e. The van der Waals surface area contributed by atoms with Gasteiger partial charge in [0.05, 0.1) is 5.02 Å². The van der Waals surface area contributed by atoms with Crippen LogP contribution in [-0.2, 0) is 11.2 Å². The molecule has 0 bridgehead atoms. The first kappa shape index (κ1) is 14.6. The Hall–Kier alpha value is -1.33. The summed E-state index contributed by atoms with van der Waals surface area (Å²) in [6.45, 7) is 0. The highest BCUT2D eigenvalue weighted by Crippen LogP contribution is 2.48. The first-order chi connectivity index (χ1) is 9.90. The monoisotopic (exact) mass is 368 g/mol. The highest BCUT2D eigenvalue weighted by atomic mass is 79.9. The van der Waals surface area contributed by atoms with Crippen LogP contribution in [0.3, 0.4) is 0 Å². The van der Waals surface area contributed by atoms with Crippen LogP contribution >= 0.6 is 27.5 Å². The van der Waals surface area contributed by atoms with Crippen molar-refractivity contribution in [2.45, 2.75) is 25.7 Å². The Morgan fingerprint density at radius 3 is 2.67 bits per heavy atom. The number of hydrogen-bond acceptors (Lipinski definition) is 2. The minimum Gasteiger partial charge on any atom is -0.369 e. The Morgan fingerprint density at radius 1 is 1.33 bits per heavy atom. The number of halogens is 2. The summed E-state index contributed by atoms with van der Waals surface area (Å²) in [5.74, 6) is -0.860. The van der Waals surface area contributed by atoms with E-state index in [1.54, 1.807) is 6.07 Å². The summed E-state index contributed by atoms with van der Waals surface area (Å²) in [5, 5.41) is 0.480. The van der Waals surface area contributed by atoms with E-state index in [-0.39, 0.29) is 11.8 Å². The van der Waals surface area contributed by atoms with Gasteiger partial charge in [0.1, 0.15) is 0 Å². The van der Waals surface area contributed by atoms with Crippen molar-refractivity contribution >= 4 is 44.9 Å². The fourth-order valence-corrected chi connectivity index (χ4v) is 4.13. The maximum absolute atomic E-state index is 11.7. The Kier molecular flexibility index (Phi) is 3.58. The third-order valence-electron chi connectivity index (χ3n) is 4.35. The maximum atomic E-state index is 11.7. The van der Waals surface area contributed by atoms with Gasteiger partial charge in [-0.2, -0.15) is 0 Å². The summed E-state index contributed by atoms with van der Waals surface area (Å²) >= 11 is 9.71. The van der Waals surface area contributed by atoms with Gasteiger partial charge in [-0.1, -0.05) is 17.2 Å². The fourth-order valence-electron chi connectivity index (χ4n) is 3.34. The number of nitrogens with two attached hydrogens (primary N) is 2. The number of amides is 2. The summed E-state index contributed by atoms with van der Waals surface area (Å²) in [5.41, 5.74) is 15.6. The first-order valence-electron chi connectivity index (χ1n) is 6.71. The van der Waals surface area contributed by atoms with Gasteiger partial charge in [-0.3, -0.25) is 9.59 Å². The minimum absolute atomic E-state index is 0.121. The first-order valence-corrected chi connectivity index (χ1v) is 7.88. The second-order valence-corrected chi connectivity index (χ2v) is 6.74. The van der Waals surface area contributed by atoms with Gasteiger partial charge in [0.25, 0.3) is 0 Å². The average molecular weight is 370 g/mol. The van der Waals surface area contributed by atoms with E-state index >= 15 is 0 Å². The zero-order valence-electron chi connectivity index (χ0n) is 11.2. The molecule has 1 atom stereocenters. The number of fused-ring (bicyclic) bond motifs is 2. The quantitative estimate of drug-likeness (QED) is 0.840. The van der Waals surface area contributed by atoms with Gasteiger partial charge < -0.3 is 11.5 Å². The van der Waals surface area contributed by atoms with E-state index in [2.05, 4.69) is 15.9 Å². The number of primary amides is 2. The number of hydrogen-bond donors (Lipinski definition) is 2. The summed E-state index contributed by atoms with van der Waals surface area (Å²) in [6.07, 6.45) is 2.80. The van der Waals surface area contributed by atoms with Crippen molar-refractivity contribution in [3.63, 3.8) is 0 Å². The van der Waals surface area contributed by atoms with E-state index < -0.39 is 5.91 Å². The van der Waals surface area contributed by atoms with Crippen molar-refractivity contribution in [3.05, 3.63) is 37.8 Å². The molecule has 21 heavy (non-hydrogen) atoms.